The van der Waals surface area contributed by atoms with E-state index < -0.39 is 0 Å². The number of piperidine rings is 1. The summed E-state index contributed by atoms with van der Waals surface area (Å²) < 4.78 is 0. The molecule has 1 rings (SSSR count). The van der Waals surface area contributed by atoms with Crippen molar-refractivity contribution in [2.24, 2.45) is 17.8 Å². The first-order valence-electron chi connectivity index (χ1n) is 6.26. The Balaban J connectivity index is 2.45. The van der Waals surface area contributed by atoms with E-state index in [1.54, 1.807) is 0 Å². The standard InChI is InChI=1S/C13H23NO2/c1-9(2)12(15)11-5-7-14(8-6-11)13(16)10(3)4/h9-11H,5-8H2,1-4H3. The highest BCUT2D eigenvalue weighted by atomic mass is 16.2. The molecule has 0 unspecified atom stereocenters. The van der Waals surface area contributed by atoms with Crippen LogP contribution in [-0.4, -0.2) is 29.7 Å². The molecule has 1 fully saturated rings. The van der Waals surface area contributed by atoms with E-state index >= 15 is 0 Å². The summed E-state index contributed by atoms with van der Waals surface area (Å²) in [5, 5.41) is 0. The highest BCUT2D eigenvalue weighted by Gasteiger charge is 2.28. The molecule has 0 aromatic rings. The van der Waals surface area contributed by atoms with Crippen LogP contribution in [-0.2, 0) is 9.59 Å². The van der Waals surface area contributed by atoms with Crippen molar-refractivity contribution in [2.45, 2.75) is 40.5 Å². The van der Waals surface area contributed by atoms with Gasteiger partial charge in [0.2, 0.25) is 5.91 Å². The minimum absolute atomic E-state index is 0.0670. The van der Waals surface area contributed by atoms with Crippen LogP contribution in [0.25, 0.3) is 0 Å². The average molecular weight is 225 g/mol. The molecule has 0 N–H and O–H groups in total. The molecular weight excluding hydrogens is 202 g/mol. The number of carbonyl (C=O) groups excluding carboxylic acids is 2. The second-order valence-electron chi connectivity index (χ2n) is 5.31. The van der Waals surface area contributed by atoms with Gasteiger partial charge in [-0.05, 0) is 12.8 Å². The third kappa shape index (κ3) is 3.06. The third-order valence-electron chi connectivity index (χ3n) is 3.27. The second kappa shape index (κ2) is 5.46. The molecule has 1 aliphatic rings. The van der Waals surface area contributed by atoms with E-state index in [0.29, 0.717) is 5.78 Å². The van der Waals surface area contributed by atoms with Gasteiger partial charge in [-0.3, -0.25) is 9.59 Å². The van der Waals surface area contributed by atoms with Gasteiger partial charge in [0.1, 0.15) is 5.78 Å². The number of hydrogen-bond acceptors (Lipinski definition) is 2. The van der Waals surface area contributed by atoms with Crippen LogP contribution in [0.2, 0.25) is 0 Å². The lowest BCUT2D eigenvalue weighted by Crippen LogP contribution is -2.42. The normalized spacial score (nSPS) is 18.2. The maximum absolute atomic E-state index is 11.8. The molecule has 0 radical (unpaired) electrons. The first-order chi connectivity index (χ1) is 7.43. The highest BCUT2D eigenvalue weighted by molar-refractivity contribution is 5.83. The van der Waals surface area contributed by atoms with E-state index in [0.717, 1.165) is 25.9 Å². The summed E-state index contributed by atoms with van der Waals surface area (Å²) in [5.74, 6) is 0.943. The Morgan fingerprint density at radius 2 is 1.50 bits per heavy atom. The van der Waals surface area contributed by atoms with Gasteiger partial charge in [-0.2, -0.15) is 0 Å². The van der Waals surface area contributed by atoms with Crippen LogP contribution in [0.15, 0.2) is 0 Å². The van der Waals surface area contributed by atoms with Crippen molar-refractivity contribution >= 4 is 11.7 Å². The van der Waals surface area contributed by atoms with Crippen molar-refractivity contribution in [1.82, 2.24) is 4.90 Å². The topological polar surface area (TPSA) is 37.4 Å². The van der Waals surface area contributed by atoms with Crippen LogP contribution in [0.1, 0.15) is 40.5 Å². The summed E-state index contributed by atoms with van der Waals surface area (Å²) in [6, 6.07) is 0. The van der Waals surface area contributed by atoms with Gasteiger partial charge >= 0.3 is 0 Å². The van der Waals surface area contributed by atoms with Gasteiger partial charge in [0.25, 0.3) is 0 Å². The number of Topliss-reactive ketones (excluding diaryl/α,β-unsaturated/α-hetero) is 1. The van der Waals surface area contributed by atoms with Crippen LogP contribution in [0, 0.1) is 17.8 Å². The fourth-order valence-corrected chi connectivity index (χ4v) is 2.22. The molecule has 1 amide bonds. The molecule has 0 spiro atoms. The first-order valence-corrected chi connectivity index (χ1v) is 6.26. The Kier molecular flexibility index (Phi) is 4.51. The molecule has 3 nitrogen and oxygen atoms in total. The second-order valence-corrected chi connectivity index (χ2v) is 5.31. The number of nitrogens with zero attached hydrogens (tertiary/aromatic N) is 1. The lowest BCUT2D eigenvalue weighted by molar-refractivity contribution is -0.138. The van der Waals surface area contributed by atoms with Gasteiger partial charge in [-0.15, -0.1) is 0 Å². The Morgan fingerprint density at radius 3 is 1.88 bits per heavy atom. The number of hydrogen-bond donors (Lipinski definition) is 0. The Labute approximate surface area is 98.2 Å². The molecule has 0 saturated carbocycles. The number of amides is 1. The van der Waals surface area contributed by atoms with Gasteiger partial charge in [0.05, 0.1) is 0 Å². The maximum atomic E-state index is 11.8. The maximum Gasteiger partial charge on any atom is 0.225 e. The van der Waals surface area contributed by atoms with Crippen molar-refractivity contribution in [2.75, 3.05) is 13.1 Å². The van der Waals surface area contributed by atoms with Crippen molar-refractivity contribution < 1.29 is 9.59 Å². The van der Waals surface area contributed by atoms with E-state index in [1.165, 1.54) is 0 Å². The zero-order valence-corrected chi connectivity index (χ0v) is 10.8. The van der Waals surface area contributed by atoms with E-state index in [-0.39, 0.29) is 23.7 Å². The number of rotatable bonds is 3. The summed E-state index contributed by atoms with van der Waals surface area (Å²) in [4.78, 5) is 25.5. The average Bonchev–Trinajstić information content (AvgIpc) is 2.27. The van der Waals surface area contributed by atoms with E-state index in [9.17, 15) is 9.59 Å². The van der Waals surface area contributed by atoms with Crippen molar-refractivity contribution in [1.29, 1.82) is 0 Å². The molecule has 3 heteroatoms. The molecule has 1 aliphatic heterocycles. The van der Waals surface area contributed by atoms with E-state index in [1.807, 2.05) is 32.6 Å². The predicted octanol–water partition coefficient (Wildman–Crippen LogP) is 2.11. The zero-order chi connectivity index (χ0) is 12.3. The van der Waals surface area contributed by atoms with Crippen molar-refractivity contribution in [3.63, 3.8) is 0 Å². The van der Waals surface area contributed by atoms with Crippen molar-refractivity contribution in [3.8, 4) is 0 Å². The summed E-state index contributed by atoms with van der Waals surface area (Å²) in [7, 11) is 0. The highest BCUT2D eigenvalue weighted by Crippen LogP contribution is 2.22. The van der Waals surface area contributed by atoms with Crippen molar-refractivity contribution in [3.05, 3.63) is 0 Å². The van der Waals surface area contributed by atoms with Gasteiger partial charge in [0.15, 0.2) is 0 Å². The van der Waals surface area contributed by atoms with Crippen LogP contribution in [0.4, 0.5) is 0 Å². The minimum Gasteiger partial charge on any atom is -0.342 e. The van der Waals surface area contributed by atoms with Gasteiger partial charge < -0.3 is 4.90 Å². The third-order valence-corrected chi connectivity index (χ3v) is 3.27. The molecule has 1 saturated heterocycles. The quantitative estimate of drug-likeness (QED) is 0.737. The molecule has 0 aliphatic carbocycles. The van der Waals surface area contributed by atoms with Crippen LogP contribution >= 0.6 is 0 Å². The molecule has 0 bridgehead atoms. The molecule has 92 valence electrons. The predicted molar refractivity (Wildman–Crippen MR) is 64.0 cm³/mol. The molecule has 0 aromatic carbocycles. The molecule has 1 heterocycles. The van der Waals surface area contributed by atoms with Crippen LogP contribution in [0.3, 0.4) is 0 Å². The number of likely N-dealkylation sites (tertiary alicyclic amines) is 1. The Bertz CT molecular complexity index is 235. The summed E-state index contributed by atoms with van der Waals surface area (Å²) in [6.45, 7) is 9.25. The van der Waals surface area contributed by atoms with Gasteiger partial charge in [-0.1, -0.05) is 27.7 Å². The lowest BCUT2D eigenvalue weighted by Gasteiger charge is -2.33. The molecule has 16 heavy (non-hydrogen) atoms. The molecular formula is C13H23NO2. The van der Waals surface area contributed by atoms with Gasteiger partial charge in [0, 0.05) is 30.8 Å². The fourth-order valence-electron chi connectivity index (χ4n) is 2.22. The fraction of sp³-hybridized carbons (Fsp3) is 0.846. The number of carbonyl (C=O) groups is 2. The summed E-state index contributed by atoms with van der Waals surface area (Å²) >= 11 is 0. The monoisotopic (exact) mass is 225 g/mol. The first kappa shape index (κ1) is 13.2. The lowest BCUT2D eigenvalue weighted by atomic mass is 9.87. The van der Waals surface area contributed by atoms with E-state index in [2.05, 4.69) is 0 Å². The largest absolute Gasteiger partial charge is 0.342 e. The summed E-state index contributed by atoms with van der Waals surface area (Å²) in [5.41, 5.74) is 0. The number of ketones is 1. The zero-order valence-electron chi connectivity index (χ0n) is 10.8. The summed E-state index contributed by atoms with van der Waals surface area (Å²) in [6.07, 6.45) is 1.69. The smallest absolute Gasteiger partial charge is 0.225 e. The van der Waals surface area contributed by atoms with E-state index in [4.69, 9.17) is 0 Å². The minimum atomic E-state index is 0.0670. The molecule has 0 atom stereocenters. The SMILES string of the molecule is CC(C)C(=O)C1CCN(C(=O)C(C)C)CC1. The van der Waals surface area contributed by atoms with Crippen LogP contribution in [0.5, 0.6) is 0 Å². The van der Waals surface area contributed by atoms with Gasteiger partial charge in [-0.25, -0.2) is 0 Å². The van der Waals surface area contributed by atoms with Crippen LogP contribution < -0.4 is 0 Å². The Hall–Kier alpha value is -0.860. The Morgan fingerprint density at radius 1 is 1.00 bits per heavy atom. The molecule has 0 aromatic heterocycles.